The normalized spacial score (nSPS) is 30.1. The van der Waals surface area contributed by atoms with Crippen molar-refractivity contribution >= 4 is 5.82 Å². The maximum Gasteiger partial charge on any atom is 0.214 e. The third kappa shape index (κ3) is 1.72. The molecule has 2 nitrogen and oxygen atoms in total. The van der Waals surface area contributed by atoms with Crippen LogP contribution in [0.1, 0.15) is 26.7 Å². The highest BCUT2D eigenvalue weighted by atomic mass is 19.1. The number of rotatable bonds is 3. The van der Waals surface area contributed by atoms with Gasteiger partial charge in [0.2, 0.25) is 5.95 Å². The summed E-state index contributed by atoms with van der Waals surface area (Å²) in [7, 11) is 0. The van der Waals surface area contributed by atoms with E-state index in [2.05, 4.69) is 24.1 Å². The van der Waals surface area contributed by atoms with Gasteiger partial charge in [0, 0.05) is 6.04 Å². The maximum absolute atomic E-state index is 12.8. The van der Waals surface area contributed by atoms with Crippen molar-refractivity contribution in [2.75, 3.05) is 5.32 Å². The average Bonchev–Trinajstić information content (AvgIpc) is 2.78. The fourth-order valence-corrected chi connectivity index (χ4v) is 1.69. The zero-order chi connectivity index (χ0) is 10.2. The second-order valence-electron chi connectivity index (χ2n) is 4.25. The number of hydrogen-bond acceptors (Lipinski definition) is 2. The van der Waals surface area contributed by atoms with Crippen LogP contribution < -0.4 is 5.32 Å². The third-order valence-corrected chi connectivity index (χ3v) is 3.20. The summed E-state index contributed by atoms with van der Waals surface area (Å²) < 4.78 is 12.8. The number of aromatic nitrogens is 1. The van der Waals surface area contributed by atoms with Gasteiger partial charge in [-0.3, -0.25) is 0 Å². The first kappa shape index (κ1) is 9.44. The van der Waals surface area contributed by atoms with Crippen LogP contribution in [0.5, 0.6) is 0 Å². The monoisotopic (exact) mass is 194 g/mol. The summed E-state index contributed by atoms with van der Waals surface area (Å²) in [6.45, 7) is 4.42. The zero-order valence-corrected chi connectivity index (χ0v) is 8.55. The van der Waals surface area contributed by atoms with E-state index in [1.54, 1.807) is 12.1 Å². The number of nitrogens with zero attached hydrogens (tertiary/aromatic N) is 1. The van der Waals surface area contributed by atoms with E-state index in [-0.39, 0.29) is 0 Å². The Kier molecular flexibility index (Phi) is 2.17. The summed E-state index contributed by atoms with van der Waals surface area (Å²) in [5, 5.41) is 3.25. The van der Waals surface area contributed by atoms with Crippen LogP contribution >= 0.6 is 0 Å². The molecule has 2 atom stereocenters. The van der Waals surface area contributed by atoms with Crippen LogP contribution in [-0.4, -0.2) is 11.0 Å². The van der Waals surface area contributed by atoms with Crippen molar-refractivity contribution in [3.8, 4) is 0 Å². The molecule has 0 aliphatic heterocycles. The third-order valence-electron chi connectivity index (χ3n) is 3.20. The summed E-state index contributed by atoms with van der Waals surface area (Å²) in [6, 6.07) is 5.30. The van der Waals surface area contributed by atoms with Crippen LogP contribution in [0.15, 0.2) is 18.2 Å². The molecular weight excluding hydrogens is 179 g/mol. The van der Waals surface area contributed by atoms with E-state index in [4.69, 9.17) is 0 Å². The number of nitrogens with one attached hydrogen (secondary N) is 1. The largest absolute Gasteiger partial charge is 0.367 e. The first-order chi connectivity index (χ1) is 6.64. The molecule has 1 aromatic rings. The lowest BCUT2D eigenvalue weighted by Crippen LogP contribution is -2.11. The Morgan fingerprint density at radius 1 is 1.64 bits per heavy atom. The van der Waals surface area contributed by atoms with Crippen molar-refractivity contribution in [2.24, 2.45) is 5.41 Å². The second-order valence-corrected chi connectivity index (χ2v) is 4.25. The van der Waals surface area contributed by atoms with Crippen molar-refractivity contribution in [3.63, 3.8) is 0 Å². The predicted molar refractivity (Wildman–Crippen MR) is 54.6 cm³/mol. The van der Waals surface area contributed by atoms with Gasteiger partial charge in [0.15, 0.2) is 0 Å². The molecule has 0 saturated heterocycles. The van der Waals surface area contributed by atoms with Crippen LogP contribution in [-0.2, 0) is 0 Å². The molecule has 1 heterocycles. The average molecular weight is 194 g/mol. The fourth-order valence-electron chi connectivity index (χ4n) is 1.69. The molecule has 0 spiro atoms. The molecule has 2 rings (SSSR count). The Morgan fingerprint density at radius 2 is 2.43 bits per heavy atom. The van der Waals surface area contributed by atoms with Crippen LogP contribution in [0.3, 0.4) is 0 Å². The number of hydrogen-bond donors (Lipinski definition) is 1. The zero-order valence-electron chi connectivity index (χ0n) is 8.55. The SMILES string of the molecule is CCC1(C)CC1Nc1cccc(F)n1. The molecule has 1 saturated carbocycles. The molecule has 1 fully saturated rings. The van der Waals surface area contributed by atoms with Crippen molar-refractivity contribution in [1.29, 1.82) is 0 Å². The van der Waals surface area contributed by atoms with Crippen molar-refractivity contribution in [2.45, 2.75) is 32.7 Å². The molecule has 1 aliphatic carbocycles. The van der Waals surface area contributed by atoms with E-state index < -0.39 is 5.95 Å². The van der Waals surface area contributed by atoms with Gasteiger partial charge in [-0.15, -0.1) is 0 Å². The topological polar surface area (TPSA) is 24.9 Å². The number of pyridine rings is 1. The van der Waals surface area contributed by atoms with Gasteiger partial charge in [0.25, 0.3) is 0 Å². The standard InChI is InChI=1S/C11H15FN2/c1-3-11(2)7-8(11)13-10-6-4-5-9(12)14-10/h4-6,8H,3,7H2,1-2H3,(H,13,14). The highest BCUT2D eigenvalue weighted by Gasteiger charge is 2.48. The van der Waals surface area contributed by atoms with Gasteiger partial charge in [0.1, 0.15) is 5.82 Å². The van der Waals surface area contributed by atoms with Crippen LogP contribution in [0.4, 0.5) is 10.2 Å². The lowest BCUT2D eigenvalue weighted by molar-refractivity contribution is 0.533. The minimum absolute atomic E-state index is 0.383. The Balaban J connectivity index is 2.00. The highest BCUT2D eigenvalue weighted by molar-refractivity contribution is 5.38. The smallest absolute Gasteiger partial charge is 0.214 e. The van der Waals surface area contributed by atoms with Crippen LogP contribution in [0.25, 0.3) is 0 Å². The Bertz CT molecular complexity index is 340. The molecule has 0 aromatic carbocycles. The van der Waals surface area contributed by atoms with Crippen LogP contribution in [0.2, 0.25) is 0 Å². The lowest BCUT2D eigenvalue weighted by atomic mass is 10.1. The second kappa shape index (κ2) is 3.23. The molecule has 14 heavy (non-hydrogen) atoms. The van der Waals surface area contributed by atoms with Gasteiger partial charge in [-0.05, 0) is 30.4 Å². The van der Waals surface area contributed by atoms with E-state index >= 15 is 0 Å². The fraction of sp³-hybridized carbons (Fsp3) is 0.545. The first-order valence-corrected chi connectivity index (χ1v) is 5.03. The predicted octanol–water partition coefficient (Wildman–Crippen LogP) is 2.82. The number of anilines is 1. The minimum Gasteiger partial charge on any atom is -0.367 e. The molecule has 3 heteroatoms. The van der Waals surface area contributed by atoms with E-state index in [9.17, 15) is 4.39 Å². The summed E-state index contributed by atoms with van der Waals surface area (Å²) in [4.78, 5) is 3.78. The highest BCUT2D eigenvalue weighted by Crippen LogP contribution is 2.49. The number of halogens is 1. The van der Waals surface area contributed by atoms with E-state index in [1.165, 1.54) is 6.07 Å². The summed E-state index contributed by atoms with van der Waals surface area (Å²) in [6.07, 6.45) is 2.31. The van der Waals surface area contributed by atoms with Gasteiger partial charge >= 0.3 is 0 Å². The summed E-state index contributed by atoms with van der Waals surface area (Å²) >= 11 is 0. The molecule has 0 amide bonds. The van der Waals surface area contributed by atoms with Crippen molar-refractivity contribution in [1.82, 2.24) is 4.98 Å². The Hall–Kier alpha value is -1.12. The first-order valence-electron chi connectivity index (χ1n) is 5.03. The Morgan fingerprint density at radius 3 is 3.00 bits per heavy atom. The summed E-state index contributed by atoms with van der Waals surface area (Å²) in [5.41, 5.74) is 0.383. The lowest BCUT2D eigenvalue weighted by Gasteiger charge is -2.09. The molecular formula is C11H15FN2. The minimum atomic E-state index is -0.422. The van der Waals surface area contributed by atoms with Gasteiger partial charge in [-0.1, -0.05) is 19.9 Å². The molecule has 1 aliphatic rings. The van der Waals surface area contributed by atoms with Gasteiger partial charge in [-0.2, -0.15) is 4.39 Å². The van der Waals surface area contributed by atoms with Crippen molar-refractivity contribution in [3.05, 3.63) is 24.1 Å². The van der Waals surface area contributed by atoms with Gasteiger partial charge < -0.3 is 5.32 Å². The maximum atomic E-state index is 12.8. The quantitative estimate of drug-likeness (QED) is 0.748. The van der Waals surface area contributed by atoms with Crippen molar-refractivity contribution < 1.29 is 4.39 Å². The van der Waals surface area contributed by atoms with Crippen LogP contribution in [0, 0.1) is 11.4 Å². The summed E-state index contributed by atoms with van der Waals surface area (Å²) in [5.74, 6) is 0.223. The Labute approximate surface area is 83.6 Å². The van der Waals surface area contributed by atoms with E-state index in [0.29, 0.717) is 17.3 Å². The molecule has 0 bridgehead atoms. The van der Waals surface area contributed by atoms with Gasteiger partial charge in [-0.25, -0.2) is 4.98 Å². The molecule has 76 valence electrons. The van der Waals surface area contributed by atoms with E-state index in [1.807, 2.05) is 0 Å². The molecule has 2 unspecified atom stereocenters. The van der Waals surface area contributed by atoms with E-state index in [0.717, 1.165) is 12.8 Å². The molecule has 1 N–H and O–H groups in total. The van der Waals surface area contributed by atoms with Gasteiger partial charge in [0.05, 0.1) is 0 Å². The molecule has 1 aromatic heterocycles. The molecule has 0 radical (unpaired) electrons.